The minimum absolute atomic E-state index is 0.655. The summed E-state index contributed by atoms with van der Waals surface area (Å²) in [6.07, 6.45) is 1.73. The number of hydrogen-bond acceptors (Lipinski definition) is 3. The molecule has 1 aromatic rings. The lowest BCUT2D eigenvalue weighted by atomic mass is 10.2. The predicted octanol–water partition coefficient (Wildman–Crippen LogP) is 2.40. The Morgan fingerprint density at radius 1 is 1.57 bits per heavy atom. The van der Waals surface area contributed by atoms with Gasteiger partial charge >= 0.3 is 0 Å². The molecule has 0 saturated carbocycles. The Balaban J connectivity index is 2.96. The number of hydrazone groups is 1. The van der Waals surface area contributed by atoms with Crippen LogP contribution in [0.4, 0.5) is 0 Å². The Kier molecular flexibility index (Phi) is 4.46. The third kappa shape index (κ3) is 3.03. The summed E-state index contributed by atoms with van der Waals surface area (Å²) in [6, 6.07) is 5.83. The fraction of sp³-hybridized carbons (Fsp3) is 0.300. The third-order valence-corrected chi connectivity index (χ3v) is 2.10. The molecule has 0 aliphatic rings. The number of nitrogens with zero attached hydrogens (tertiary/aromatic N) is 1. The molecule has 0 amide bonds. The Morgan fingerprint density at radius 2 is 2.36 bits per heavy atom. The van der Waals surface area contributed by atoms with Crippen molar-refractivity contribution in [3.8, 4) is 5.75 Å². The van der Waals surface area contributed by atoms with E-state index < -0.39 is 0 Å². The molecule has 76 valence electrons. The molecule has 0 aliphatic carbocycles. The van der Waals surface area contributed by atoms with E-state index in [4.69, 9.17) is 4.74 Å². The smallest absolute Gasteiger partial charge is 0.128 e. The van der Waals surface area contributed by atoms with Gasteiger partial charge in [-0.1, -0.05) is 15.9 Å². The number of halogens is 1. The Morgan fingerprint density at radius 3 is 3.00 bits per heavy atom. The molecule has 0 unspecified atom stereocenters. The standard InChI is InChI=1S/C10H13BrN2O/c1-3-14-10-5-4-9(11)6-8(10)7-13-12-2/h4-7,12H,3H2,1-2H3/b13-7+. The van der Waals surface area contributed by atoms with Gasteiger partial charge in [0.25, 0.3) is 0 Å². The van der Waals surface area contributed by atoms with Gasteiger partial charge in [0.05, 0.1) is 12.8 Å². The first kappa shape index (κ1) is 11.0. The molecular weight excluding hydrogens is 244 g/mol. The van der Waals surface area contributed by atoms with Gasteiger partial charge in [0, 0.05) is 17.1 Å². The monoisotopic (exact) mass is 256 g/mol. The summed E-state index contributed by atoms with van der Waals surface area (Å²) < 4.78 is 6.46. The van der Waals surface area contributed by atoms with Crippen LogP contribution in [-0.2, 0) is 0 Å². The van der Waals surface area contributed by atoms with Gasteiger partial charge in [-0.15, -0.1) is 0 Å². The average Bonchev–Trinajstić information content (AvgIpc) is 2.18. The Labute approximate surface area is 92.3 Å². The highest BCUT2D eigenvalue weighted by molar-refractivity contribution is 9.10. The maximum Gasteiger partial charge on any atom is 0.128 e. The molecule has 0 fully saturated rings. The van der Waals surface area contributed by atoms with Crippen molar-refractivity contribution in [1.82, 2.24) is 5.43 Å². The van der Waals surface area contributed by atoms with E-state index in [1.807, 2.05) is 25.1 Å². The predicted molar refractivity (Wildman–Crippen MR) is 62.0 cm³/mol. The van der Waals surface area contributed by atoms with E-state index in [1.54, 1.807) is 13.3 Å². The lowest BCUT2D eigenvalue weighted by molar-refractivity contribution is 0.339. The Hall–Kier alpha value is -1.03. The van der Waals surface area contributed by atoms with Crippen LogP contribution in [0.3, 0.4) is 0 Å². The number of ether oxygens (including phenoxy) is 1. The molecule has 0 aromatic heterocycles. The molecular formula is C10H13BrN2O. The van der Waals surface area contributed by atoms with Crippen LogP contribution in [0.5, 0.6) is 5.75 Å². The molecule has 0 spiro atoms. The number of hydrogen-bond donors (Lipinski definition) is 1. The van der Waals surface area contributed by atoms with Crippen LogP contribution in [0.25, 0.3) is 0 Å². The quantitative estimate of drug-likeness (QED) is 0.663. The van der Waals surface area contributed by atoms with Gasteiger partial charge in [-0.2, -0.15) is 5.10 Å². The van der Waals surface area contributed by atoms with E-state index in [0.29, 0.717) is 6.61 Å². The molecule has 0 bridgehead atoms. The first-order valence-corrected chi connectivity index (χ1v) is 5.19. The first-order valence-electron chi connectivity index (χ1n) is 4.40. The summed E-state index contributed by atoms with van der Waals surface area (Å²) in [5.74, 6) is 0.842. The third-order valence-electron chi connectivity index (χ3n) is 1.60. The van der Waals surface area contributed by atoms with Crippen LogP contribution in [0.15, 0.2) is 27.8 Å². The molecule has 3 nitrogen and oxygen atoms in total. The van der Waals surface area contributed by atoms with Crippen molar-refractivity contribution in [2.45, 2.75) is 6.92 Å². The van der Waals surface area contributed by atoms with E-state index in [0.717, 1.165) is 15.8 Å². The fourth-order valence-corrected chi connectivity index (χ4v) is 1.42. The zero-order valence-corrected chi connectivity index (χ0v) is 9.84. The zero-order valence-electron chi connectivity index (χ0n) is 8.25. The van der Waals surface area contributed by atoms with Gasteiger partial charge in [-0.25, -0.2) is 0 Å². The molecule has 14 heavy (non-hydrogen) atoms. The van der Waals surface area contributed by atoms with Gasteiger partial charge in [0.2, 0.25) is 0 Å². The molecule has 0 aliphatic heterocycles. The second kappa shape index (κ2) is 5.65. The van der Waals surface area contributed by atoms with Crippen molar-refractivity contribution in [2.75, 3.05) is 13.7 Å². The van der Waals surface area contributed by atoms with Crippen LogP contribution in [0.1, 0.15) is 12.5 Å². The first-order chi connectivity index (χ1) is 6.77. The Bertz CT molecular complexity index is 326. The second-order valence-corrected chi connectivity index (χ2v) is 3.51. The van der Waals surface area contributed by atoms with Crippen molar-refractivity contribution in [2.24, 2.45) is 5.10 Å². The maximum atomic E-state index is 5.45. The summed E-state index contributed by atoms with van der Waals surface area (Å²) in [5, 5.41) is 3.95. The van der Waals surface area contributed by atoms with E-state index in [2.05, 4.69) is 26.5 Å². The minimum atomic E-state index is 0.655. The van der Waals surface area contributed by atoms with Crippen molar-refractivity contribution >= 4 is 22.1 Å². The summed E-state index contributed by atoms with van der Waals surface area (Å²) >= 11 is 3.40. The lowest BCUT2D eigenvalue weighted by Crippen LogP contribution is -1.99. The normalized spacial score (nSPS) is 10.5. The van der Waals surface area contributed by atoms with Crippen LogP contribution in [0.2, 0.25) is 0 Å². The van der Waals surface area contributed by atoms with Gasteiger partial charge in [0.15, 0.2) is 0 Å². The number of rotatable bonds is 4. The minimum Gasteiger partial charge on any atom is -0.493 e. The average molecular weight is 257 g/mol. The molecule has 0 atom stereocenters. The highest BCUT2D eigenvalue weighted by Gasteiger charge is 2.01. The van der Waals surface area contributed by atoms with Crippen molar-refractivity contribution in [3.63, 3.8) is 0 Å². The van der Waals surface area contributed by atoms with Gasteiger partial charge in [0.1, 0.15) is 5.75 Å². The lowest BCUT2D eigenvalue weighted by Gasteiger charge is -2.06. The number of benzene rings is 1. The van der Waals surface area contributed by atoms with Crippen molar-refractivity contribution in [3.05, 3.63) is 28.2 Å². The topological polar surface area (TPSA) is 33.6 Å². The fourth-order valence-electron chi connectivity index (χ4n) is 1.04. The van der Waals surface area contributed by atoms with Crippen LogP contribution >= 0.6 is 15.9 Å². The molecule has 0 radical (unpaired) electrons. The zero-order chi connectivity index (χ0) is 10.4. The summed E-state index contributed by atoms with van der Waals surface area (Å²) in [5.41, 5.74) is 3.66. The molecule has 0 saturated heterocycles. The SMILES string of the molecule is CCOc1ccc(Br)cc1/C=N/NC. The summed E-state index contributed by atoms with van der Waals surface area (Å²) in [6.45, 7) is 2.61. The number of nitrogens with one attached hydrogen (secondary N) is 1. The van der Waals surface area contributed by atoms with Crippen LogP contribution < -0.4 is 10.2 Å². The highest BCUT2D eigenvalue weighted by atomic mass is 79.9. The van der Waals surface area contributed by atoms with Crippen molar-refractivity contribution < 1.29 is 4.74 Å². The maximum absolute atomic E-state index is 5.45. The van der Waals surface area contributed by atoms with Gasteiger partial charge in [-0.05, 0) is 25.1 Å². The van der Waals surface area contributed by atoms with E-state index in [9.17, 15) is 0 Å². The second-order valence-electron chi connectivity index (χ2n) is 2.60. The van der Waals surface area contributed by atoms with Crippen molar-refractivity contribution in [1.29, 1.82) is 0 Å². The van der Waals surface area contributed by atoms with E-state index in [1.165, 1.54) is 0 Å². The van der Waals surface area contributed by atoms with E-state index in [-0.39, 0.29) is 0 Å². The molecule has 1 rings (SSSR count). The van der Waals surface area contributed by atoms with Gasteiger partial charge in [-0.3, -0.25) is 0 Å². The van der Waals surface area contributed by atoms with Crippen LogP contribution in [-0.4, -0.2) is 19.9 Å². The van der Waals surface area contributed by atoms with E-state index >= 15 is 0 Å². The molecule has 1 aromatic carbocycles. The highest BCUT2D eigenvalue weighted by Crippen LogP contribution is 2.21. The van der Waals surface area contributed by atoms with Gasteiger partial charge < -0.3 is 10.2 Å². The summed E-state index contributed by atoms with van der Waals surface area (Å²) in [4.78, 5) is 0. The molecule has 0 heterocycles. The summed E-state index contributed by atoms with van der Waals surface area (Å²) in [7, 11) is 1.76. The largest absolute Gasteiger partial charge is 0.493 e. The molecule has 4 heteroatoms. The van der Waals surface area contributed by atoms with Crippen LogP contribution in [0, 0.1) is 0 Å². The molecule has 1 N–H and O–H groups in total.